The lowest BCUT2D eigenvalue weighted by molar-refractivity contribution is -0.111. The fourth-order valence-corrected chi connectivity index (χ4v) is 1.28. The average Bonchev–Trinajstić information content (AvgIpc) is 2.15. The van der Waals surface area contributed by atoms with Gasteiger partial charge in [-0.25, -0.2) is 0 Å². The summed E-state index contributed by atoms with van der Waals surface area (Å²) < 4.78 is 0. The van der Waals surface area contributed by atoms with Crippen molar-refractivity contribution in [3.05, 3.63) is 42.0 Å². The van der Waals surface area contributed by atoms with Crippen LogP contribution < -0.4 is 0 Å². The van der Waals surface area contributed by atoms with Crippen molar-refractivity contribution in [3.63, 3.8) is 0 Å². The van der Waals surface area contributed by atoms with Crippen molar-refractivity contribution >= 4 is 11.4 Å². The monoisotopic (exact) mass is 190 g/mol. The van der Waals surface area contributed by atoms with Crippen LogP contribution in [-0.4, -0.2) is 17.0 Å². The second-order valence-electron chi connectivity index (χ2n) is 3.24. The third-order valence-corrected chi connectivity index (χ3v) is 1.87. The Kier molecular flexibility index (Phi) is 3.60. The summed E-state index contributed by atoms with van der Waals surface area (Å²) in [5, 5.41) is 9.20. The van der Waals surface area contributed by atoms with Gasteiger partial charge in [-0.1, -0.05) is 30.3 Å². The van der Waals surface area contributed by atoms with Gasteiger partial charge in [0.15, 0.2) is 5.78 Å². The van der Waals surface area contributed by atoms with Gasteiger partial charge < -0.3 is 5.11 Å². The van der Waals surface area contributed by atoms with Crippen molar-refractivity contribution in [2.45, 2.75) is 20.0 Å². The summed E-state index contributed by atoms with van der Waals surface area (Å²) in [6.07, 6.45) is 0.964. The quantitative estimate of drug-likeness (QED) is 0.740. The van der Waals surface area contributed by atoms with Crippen molar-refractivity contribution in [2.24, 2.45) is 0 Å². The lowest BCUT2D eigenvalue weighted by Crippen LogP contribution is -2.02. The van der Waals surface area contributed by atoms with E-state index < -0.39 is 6.10 Å². The van der Waals surface area contributed by atoms with Gasteiger partial charge in [-0.2, -0.15) is 0 Å². The summed E-state index contributed by atoms with van der Waals surface area (Å²) in [6, 6.07) is 9.34. The minimum absolute atomic E-state index is 0.0305. The summed E-state index contributed by atoms with van der Waals surface area (Å²) in [5.74, 6) is -0.0305. The lowest BCUT2D eigenvalue weighted by Gasteiger charge is -2.05. The Hall–Kier alpha value is -1.41. The highest BCUT2D eigenvalue weighted by molar-refractivity contribution is 6.19. The maximum atomic E-state index is 11.3. The summed E-state index contributed by atoms with van der Waals surface area (Å²) >= 11 is 0. The van der Waals surface area contributed by atoms with Gasteiger partial charge in [0, 0.05) is 5.57 Å². The summed E-state index contributed by atoms with van der Waals surface area (Å²) in [6.45, 7) is 3.13. The van der Waals surface area contributed by atoms with Gasteiger partial charge in [0.2, 0.25) is 0 Å². The molecule has 1 aromatic carbocycles. The second kappa shape index (κ2) is 4.72. The average molecular weight is 190 g/mol. The zero-order valence-corrected chi connectivity index (χ0v) is 8.40. The Morgan fingerprint density at radius 2 is 1.93 bits per heavy atom. The molecule has 0 heterocycles. The van der Waals surface area contributed by atoms with E-state index in [1.54, 1.807) is 13.0 Å². The van der Waals surface area contributed by atoms with Crippen LogP contribution in [0, 0.1) is 0 Å². The van der Waals surface area contributed by atoms with E-state index in [-0.39, 0.29) is 5.78 Å². The zero-order chi connectivity index (χ0) is 10.6. The zero-order valence-electron chi connectivity index (χ0n) is 8.40. The molecule has 0 aromatic heterocycles. The van der Waals surface area contributed by atoms with Crippen molar-refractivity contribution in [3.8, 4) is 0 Å². The lowest BCUT2D eigenvalue weighted by atomic mass is 10.0. The number of allylic oxidation sites excluding steroid dienone is 1. The molecule has 2 nitrogen and oxygen atoms in total. The molecule has 1 rings (SSSR count). The maximum absolute atomic E-state index is 11.3. The molecule has 1 N–H and O–H groups in total. The Labute approximate surface area is 83.9 Å². The van der Waals surface area contributed by atoms with E-state index >= 15 is 0 Å². The van der Waals surface area contributed by atoms with E-state index in [0.29, 0.717) is 5.57 Å². The van der Waals surface area contributed by atoms with Gasteiger partial charge in [0.05, 0.1) is 6.10 Å². The number of ketones is 1. The van der Waals surface area contributed by atoms with Crippen LogP contribution in [0.5, 0.6) is 0 Å². The molecule has 74 valence electrons. The van der Waals surface area contributed by atoms with Crippen molar-refractivity contribution in [2.75, 3.05) is 0 Å². The van der Waals surface area contributed by atoms with Crippen molar-refractivity contribution in [1.82, 2.24) is 0 Å². The number of hydrogen-bond donors (Lipinski definition) is 1. The molecule has 0 bridgehead atoms. The van der Waals surface area contributed by atoms with Crippen LogP contribution in [0.2, 0.25) is 0 Å². The molecule has 0 amide bonds. The molecule has 0 aliphatic carbocycles. The Morgan fingerprint density at radius 3 is 2.36 bits per heavy atom. The fraction of sp³-hybridized carbons (Fsp3) is 0.250. The first kappa shape index (κ1) is 10.7. The predicted molar refractivity (Wildman–Crippen MR) is 56.8 cm³/mol. The molecule has 1 atom stereocenters. The molecule has 0 fully saturated rings. The third kappa shape index (κ3) is 2.82. The van der Waals surface area contributed by atoms with E-state index in [1.165, 1.54) is 6.92 Å². The standard InChI is InChI=1S/C12H14O2/c1-9(13)8-12(10(2)14)11-6-4-3-5-7-11/h3-9,13H,1-2H3/b12-8-. The minimum Gasteiger partial charge on any atom is -0.389 e. The number of aliphatic hydroxyl groups is 1. The summed E-state index contributed by atoms with van der Waals surface area (Å²) in [4.78, 5) is 11.3. The van der Waals surface area contributed by atoms with Gasteiger partial charge in [-0.3, -0.25) is 4.79 Å². The molecular formula is C12H14O2. The second-order valence-corrected chi connectivity index (χ2v) is 3.24. The largest absolute Gasteiger partial charge is 0.389 e. The first-order valence-electron chi connectivity index (χ1n) is 4.57. The molecule has 0 aliphatic rings. The highest BCUT2D eigenvalue weighted by Crippen LogP contribution is 2.15. The van der Waals surface area contributed by atoms with E-state index in [1.807, 2.05) is 30.3 Å². The van der Waals surface area contributed by atoms with Gasteiger partial charge in [0.1, 0.15) is 0 Å². The number of rotatable bonds is 3. The molecule has 1 unspecified atom stereocenters. The summed E-state index contributed by atoms with van der Waals surface area (Å²) in [5.41, 5.74) is 1.42. The van der Waals surface area contributed by atoms with E-state index in [4.69, 9.17) is 0 Å². The third-order valence-electron chi connectivity index (χ3n) is 1.87. The highest BCUT2D eigenvalue weighted by atomic mass is 16.3. The van der Waals surface area contributed by atoms with Crippen LogP contribution in [0.1, 0.15) is 19.4 Å². The number of aliphatic hydroxyl groups excluding tert-OH is 1. The normalized spacial score (nSPS) is 13.8. The topological polar surface area (TPSA) is 37.3 Å². The first-order valence-corrected chi connectivity index (χ1v) is 4.57. The van der Waals surface area contributed by atoms with E-state index in [0.717, 1.165) is 5.56 Å². The number of carbonyl (C=O) groups is 1. The molecule has 2 heteroatoms. The van der Waals surface area contributed by atoms with Crippen LogP contribution in [0.15, 0.2) is 36.4 Å². The number of hydrogen-bond acceptors (Lipinski definition) is 2. The highest BCUT2D eigenvalue weighted by Gasteiger charge is 2.07. The molecule has 14 heavy (non-hydrogen) atoms. The Morgan fingerprint density at radius 1 is 1.36 bits per heavy atom. The number of Topliss-reactive ketones (excluding diaryl/α,β-unsaturated/α-hetero) is 1. The SMILES string of the molecule is CC(=O)/C(=C/C(C)O)c1ccccc1. The van der Waals surface area contributed by atoms with Crippen molar-refractivity contribution < 1.29 is 9.90 Å². The van der Waals surface area contributed by atoms with Gasteiger partial charge in [0.25, 0.3) is 0 Å². The number of carbonyl (C=O) groups excluding carboxylic acids is 1. The molecule has 0 radical (unpaired) electrons. The van der Waals surface area contributed by atoms with Crippen LogP contribution in [-0.2, 0) is 4.79 Å². The molecular weight excluding hydrogens is 176 g/mol. The molecule has 0 saturated heterocycles. The molecule has 0 spiro atoms. The van der Waals surface area contributed by atoms with Crippen LogP contribution in [0.25, 0.3) is 5.57 Å². The Balaban J connectivity index is 3.08. The minimum atomic E-state index is -0.603. The fourth-order valence-electron chi connectivity index (χ4n) is 1.28. The van der Waals surface area contributed by atoms with Crippen LogP contribution >= 0.6 is 0 Å². The van der Waals surface area contributed by atoms with Gasteiger partial charge in [-0.05, 0) is 25.5 Å². The number of benzene rings is 1. The van der Waals surface area contributed by atoms with E-state index in [2.05, 4.69) is 0 Å². The molecule has 0 aliphatic heterocycles. The summed E-state index contributed by atoms with van der Waals surface area (Å²) in [7, 11) is 0. The van der Waals surface area contributed by atoms with Crippen molar-refractivity contribution in [1.29, 1.82) is 0 Å². The Bertz CT molecular complexity index is 337. The van der Waals surface area contributed by atoms with Crippen LogP contribution in [0.4, 0.5) is 0 Å². The van der Waals surface area contributed by atoms with Gasteiger partial charge >= 0.3 is 0 Å². The maximum Gasteiger partial charge on any atom is 0.160 e. The van der Waals surface area contributed by atoms with Gasteiger partial charge in [-0.15, -0.1) is 0 Å². The van der Waals surface area contributed by atoms with E-state index in [9.17, 15) is 9.90 Å². The first-order chi connectivity index (χ1) is 6.61. The molecule has 1 aromatic rings. The molecule has 0 saturated carbocycles. The van der Waals surface area contributed by atoms with Crippen LogP contribution in [0.3, 0.4) is 0 Å². The smallest absolute Gasteiger partial charge is 0.160 e. The predicted octanol–water partition coefficient (Wildman–Crippen LogP) is 2.04.